The average Bonchev–Trinajstić information content (AvgIpc) is 2.95. The molecule has 0 bridgehead atoms. The van der Waals surface area contributed by atoms with Gasteiger partial charge in [-0.3, -0.25) is 9.59 Å². The van der Waals surface area contributed by atoms with E-state index in [1.165, 1.54) is 35.2 Å². The van der Waals surface area contributed by atoms with Gasteiger partial charge in [-0.2, -0.15) is 13.2 Å². The van der Waals surface area contributed by atoms with E-state index in [2.05, 4.69) is 4.98 Å². The van der Waals surface area contributed by atoms with Crippen molar-refractivity contribution >= 4 is 5.91 Å². The number of carbonyl (C=O) groups is 1. The molecular weight excluding hydrogens is 337 g/mol. The van der Waals surface area contributed by atoms with Gasteiger partial charge in [-0.25, -0.2) is 0 Å². The van der Waals surface area contributed by atoms with E-state index >= 15 is 0 Å². The number of nitrogens with one attached hydrogen (secondary N) is 1. The number of H-pyrrole nitrogens is 1. The Morgan fingerprint density at radius 2 is 1.92 bits per heavy atom. The van der Waals surface area contributed by atoms with Gasteiger partial charge in [-0.1, -0.05) is 18.2 Å². The van der Waals surface area contributed by atoms with Crippen molar-refractivity contribution in [3.63, 3.8) is 0 Å². The standard InChI is InChI=1S/C17H15F3N2O3/c18-17(19,20)11-4-1-3-10(7-11)14-8-12(23)9-22(14)16(25)13-5-2-6-15(24)21-13/h1-7,12,14,23H,8-9H2,(H,21,24)/t12-,14-/m1/s1. The molecule has 132 valence electrons. The second-order valence-electron chi connectivity index (χ2n) is 5.91. The predicted octanol–water partition coefficient (Wildman–Crippen LogP) is 2.34. The number of nitrogens with zero attached hydrogens (tertiary/aromatic N) is 1. The van der Waals surface area contributed by atoms with Crippen LogP contribution in [0.15, 0.2) is 47.3 Å². The van der Waals surface area contributed by atoms with E-state index in [9.17, 15) is 27.9 Å². The topological polar surface area (TPSA) is 73.4 Å². The second kappa shape index (κ2) is 6.36. The fraction of sp³-hybridized carbons (Fsp3) is 0.294. The highest BCUT2D eigenvalue weighted by Crippen LogP contribution is 2.36. The van der Waals surface area contributed by atoms with E-state index in [1.807, 2.05) is 0 Å². The molecule has 0 radical (unpaired) electrons. The highest BCUT2D eigenvalue weighted by molar-refractivity contribution is 5.92. The molecule has 3 rings (SSSR count). The number of β-amino-alcohol motifs (C(OH)–C–C–N with tert-alkyl or cyclic N) is 1. The summed E-state index contributed by atoms with van der Waals surface area (Å²) in [6, 6.07) is 8.08. The molecule has 0 saturated carbocycles. The smallest absolute Gasteiger partial charge is 0.391 e. The molecule has 0 aliphatic carbocycles. The summed E-state index contributed by atoms with van der Waals surface area (Å²) in [7, 11) is 0. The third kappa shape index (κ3) is 3.58. The van der Waals surface area contributed by atoms with E-state index in [1.54, 1.807) is 0 Å². The number of aromatic amines is 1. The second-order valence-corrected chi connectivity index (χ2v) is 5.91. The average molecular weight is 352 g/mol. The number of aromatic nitrogens is 1. The van der Waals surface area contributed by atoms with Crippen molar-refractivity contribution in [2.24, 2.45) is 0 Å². The van der Waals surface area contributed by atoms with Crippen molar-refractivity contribution < 1.29 is 23.1 Å². The number of carbonyl (C=O) groups excluding carboxylic acids is 1. The molecule has 2 heterocycles. The van der Waals surface area contributed by atoms with Gasteiger partial charge >= 0.3 is 6.18 Å². The quantitative estimate of drug-likeness (QED) is 0.871. The first-order valence-electron chi connectivity index (χ1n) is 7.61. The number of hydrogen-bond donors (Lipinski definition) is 2. The van der Waals surface area contributed by atoms with Gasteiger partial charge < -0.3 is 15.0 Å². The van der Waals surface area contributed by atoms with E-state index in [0.29, 0.717) is 0 Å². The number of alkyl halides is 3. The molecule has 2 aromatic rings. The SMILES string of the molecule is O=C(c1cccc(=O)[nH]1)N1C[C@H](O)C[C@@H]1c1cccc(C(F)(F)F)c1. The van der Waals surface area contributed by atoms with E-state index < -0.39 is 35.4 Å². The highest BCUT2D eigenvalue weighted by atomic mass is 19.4. The van der Waals surface area contributed by atoms with Gasteiger partial charge in [0, 0.05) is 12.6 Å². The number of likely N-dealkylation sites (tertiary alicyclic amines) is 1. The van der Waals surface area contributed by atoms with Crippen LogP contribution in [0.4, 0.5) is 13.2 Å². The number of hydrogen-bond acceptors (Lipinski definition) is 3. The van der Waals surface area contributed by atoms with Crippen LogP contribution in [0, 0.1) is 0 Å². The van der Waals surface area contributed by atoms with Gasteiger partial charge in [0.1, 0.15) is 5.69 Å². The minimum atomic E-state index is -4.49. The van der Waals surface area contributed by atoms with Crippen LogP contribution in [0.5, 0.6) is 0 Å². The van der Waals surface area contributed by atoms with Gasteiger partial charge in [0.15, 0.2) is 0 Å². The maximum absolute atomic E-state index is 12.9. The van der Waals surface area contributed by atoms with Crippen LogP contribution in [-0.2, 0) is 6.18 Å². The molecule has 8 heteroatoms. The Kier molecular flexibility index (Phi) is 4.38. The Morgan fingerprint density at radius 3 is 2.60 bits per heavy atom. The van der Waals surface area contributed by atoms with Crippen molar-refractivity contribution in [1.29, 1.82) is 0 Å². The van der Waals surface area contributed by atoms with Gasteiger partial charge in [0.25, 0.3) is 5.91 Å². The number of aliphatic hydroxyl groups excluding tert-OH is 1. The zero-order chi connectivity index (χ0) is 18.2. The van der Waals surface area contributed by atoms with Crippen LogP contribution in [0.25, 0.3) is 0 Å². The molecule has 1 fully saturated rings. The molecule has 1 amide bonds. The first-order valence-corrected chi connectivity index (χ1v) is 7.61. The number of rotatable bonds is 2. The van der Waals surface area contributed by atoms with Crippen LogP contribution >= 0.6 is 0 Å². The number of amides is 1. The molecular formula is C17H15F3N2O3. The molecule has 5 nitrogen and oxygen atoms in total. The minimum Gasteiger partial charge on any atom is -0.391 e. The molecule has 2 N–H and O–H groups in total. The van der Waals surface area contributed by atoms with E-state index in [0.717, 1.165) is 12.1 Å². The summed E-state index contributed by atoms with van der Waals surface area (Å²) in [6.07, 6.45) is -5.21. The lowest BCUT2D eigenvalue weighted by molar-refractivity contribution is -0.137. The van der Waals surface area contributed by atoms with E-state index in [4.69, 9.17) is 0 Å². The largest absolute Gasteiger partial charge is 0.416 e. The Morgan fingerprint density at radius 1 is 1.20 bits per heavy atom. The van der Waals surface area contributed by atoms with Gasteiger partial charge in [0.2, 0.25) is 5.56 Å². The maximum Gasteiger partial charge on any atom is 0.416 e. The van der Waals surface area contributed by atoms with Gasteiger partial charge in [-0.15, -0.1) is 0 Å². The first kappa shape index (κ1) is 17.2. The van der Waals surface area contributed by atoms with Crippen molar-refractivity contribution in [1.82, 2.24) is 9.88 Å². The summed E-state index contributed by atoms with van der Waals surface area (Å²) in [6.45, 7) is -0.0172. The van der Waals surface area contributed by atoms with Crippen LogP contribution in [0.2, 0.25) is 0 Å². The fourth-order valence-electron chi connectivity index (χ4n) is 3.00. The number of pyridine rings is 1. The summed E-state index contributed by atoms with van der Waals surface area (Å²) in [5.41, 5.74) is -0.954. The number of benzene rings is 1. The Bertz CT molecular complexity index is 847. The monoisotopic (exact) mass is 352 g/mol. The normalized spacial score (nSPS) is 20.7. The third-order valence-corrected chi connectivity index (χ3v) is 4.14. The van der Waals surface area contributed by atoms with Crippen molar-refractivity contribution in [2.45, 2.75) is 24.7 Å². The molecule has 1 aliphatic rings. The fourth-order valence-corrected chi connectivity index (χ4v) is 3.00. The lowest BCUT2D eigenvalue weighted by Gasteiger charge is -2.25. The molecule has 1 saturated heterocycles. The lowest BCUT2D eigenvalue weighted by atomic mass is 10.0. The lowest BCUT2D eigenvalue weighted by Crippen LogP contribution is -2.33. The Hall–Kier alpha value is -2.61. The highest BCUT2D eigenvalue weighted by Gasteiger charge is 2.37. The summed E-state index contributed by atoms with van der Waals surface area (Å²) >= 11 is 0. The van der Waals surface area contributed by atoms with Crippen LogP contribution in [0.1, 0.15) is 34.1 Å². The van der Waals surface area contributed by atoms with Crippen LogP contribution in [0.3, 0.4) is 0 Å². The summed E-state index contributed by atoms with van der Waals surface area (Å²) in [5, 5.41) is 9.92. The zero-order valence-electron chi connectivity index (χ0n) is 13.0. The number of aliphatic hydroxyl groups is 1. The zero-order valence-corrected chi connectivity index (χ0v) is 13.0. The molecule has 25 heavy (non-hydrogen) atoms. The van der Waals surface area contributed by atoms with Crippen LogP contribution < -0.4 is 5.56 Å². The molecule has 2 atom stereocenters. The van der Waals surface area contributed by atoms with Crippen LogP contribution in [-0.4, -0.2) is 33.5 Å². The molecule has 1 aromatic carbocycles. The minimum absolute atomic E-state index is 0.0172. The third-order valence-electron chi connectivity index (χ3n) is 4.14. The maximum atomic E-state index is 12.9. The number of halogens is 3. The summed E-state index contributed by atoms with van der Waals surface area (Å²) in [4.78, 5) is 27.7. The summed E-state index contributed by atoms with van der Waals surface area (Å²) in [5.74, 6) is -0.545. The van der Waals surface area contributed by atoms with Gasteiger partial charge in [-0.05, 0) is 30.2 Å². The van der Waals surface area contributed by atoms with Crippen molar-refractivity contribution in [3.05, 3.63) is 69.6 Å². The van der Waals surface area contributed by atoms with Gasteiger partial charge in [0.05, 0.1) is 17.7 Å². The molecule has 0 spiro atoms. The molecule has 1 aromatic heterocycles. The first-order chi connectivity index (χ1) is 11.8. The Balaban J connectivity index is 1.95. The van der Waals surface area contributed by atoms with Crippen molar-refractivity contribution in [3.8, 4) is 0 Å². The van der Waals surface area contributed by atoms with Crippen molar-refractivity contribution in [2.75, 3.05) is 6.54 Å². The molecule has 0 unspecified atom stereocenters. The molecule has 1 aliphatic heterocycles. The Labute approximate surface area is 140 Å². The predicted molar refractivity (Wildman–Crippen MR) is 82.9 cm³/mol. The van der Waals surface area contributed by atoms with E-state index in [-0.39, 0.29) is 24.2 Å². The summed E-state index contributed by atoms with van der Waals surface area (Å²) < 4.78 is 38.8.